The number of benzene rings is 2. The molecule has 6 nitrogen and oxygen atoms in total. The molecule has 0 spiro atoms. The third-order valence-electron chi connectivity index (χ3n) is 4.14. The molecule has 0 unspecified atom stereocenters. The summed E-state index contributed by atoms with van der Waals surface area (Å²) in [7, 11) is 4.92. The van der Waals surface area contributed by atoms with Gasteiger partial charge in [0.1, 0.15) is 5.75 Å². The van der Waals surface area contributed by atoms with E-state index in [9.17, 15) is 9.59 Å². The fourth-order valence-electron chi connectivity index (χ4n) is 2.64. The number of carbonyl (C=O) groups excluding carboxylic acids is 2. The van der Waals surface area contributed by atoms with Crippen LogP contribution < -0.4 is 14.2 Å². The average Bonchev–Trinajstić information content (AvgIpc) is 2.73. The summed E-state index contributed by atoms with van der Waals surface area (Å²) in [6.07, 6.45) is 2.57. The van der Waals surface area contributed by atoms with Crippen LogP contribution in [0, 0.1) is 0 Å². The van der Waals surface area contributed by atoms with Gasteiger partial charge in [0, 0.05) is 19.7 Å². The average molecular weight is 397 g/mol. The Bertz CT molecular complexity index is 889. The first-order valence-corrected chi connectivity index (χ1v) is 9.36. The molecule has 2 rings (SSSR count). The molecule has 2 aromatic rings. The first-order valence-electron chi connectivity index (χ1n) is 9.36. The molecule has 154 valence electrons. The second-order valence-corrected chi connectivity index (χ2v) is 6.56. The predicted octanol–water partition coefficient (Wildman–Crippen LogP) is 3.85. The molecule has 0 aliphatic carbocycles. The van der Waals surface area contributed by atoms with Crippen molar-refractivity contribution in [3.05, 3.63) is 59.7 Å². The van der Waals surface area contributed by atoms with Gasteiger partial charge in [-0.05, 0) is 49.8 Å². The summed E-state index contributed by atoms with van der Waals surface area (Å²) >= 11 is 0. The first-order chi connectivity index (χ1) is 13.8. The van der Waals surface area contributed by atoms with E-state index in [0.29, 0.717) is 29.4 Å². The number of hydrogen-bond donors (Lipinski definition) is 0. The third kappa shape index (κ3) is 6.10. The van der Waals surface area contributed by atoms with Crippen LogP contribution in [0.1, 0.15) is 29.8 Å². The zero-order valence-corrected chi connectivity index (χ0v) is 17.5. The van der Waals surface area contributed by atoms with Crippen LogP contribution in [-0.2, 0) is 4.79 Å². The molecule has 0 aliphatic heterocycles. The summed E-state index contributed by atoms with van der Waals surface area (Å²) in [5.74, 6) is 1.35. The number of likely N-dealkylation sites (N-methyl/N-ethyl adjacent to an activating group) is 1. The summed E-state index contributed by atoms with van der Waals surface area (Å²) in [6, 6.07) is 12.3. The smallest absolute Gasteiger partial charge is 0.262 e. The lowest BCUT2D eigenvalue weighted by Crippen LogP contribution is -2.35. The van der Waals surface area contributed by atoms with Gasteiger partial charge in [-0.2, -0.15) is 0 Å². The Hall–Kier alpha value is -3.28. The maximum absolute atomic E-state index is 12.4. The van der Waals surface area contributed by atoms with E-state index in [2.05, 4.69) is 0 Å². The zero-order valence-electron chi connectivity index (χ0n) is 17.5. The molecule has 2 aromatic carbocycles. The van der Waals surface area contributed by atoms with Crippen molar-refractivity contribution in [2.75, 3.05) is 27.8 Å². The van der Waals surface area contributed by atoms with Crippen LogP contribution in [0.4, 0.5) is 0 Å². The van der Waals surface area contributed by atoms with Gasteiger partial charge in [-0.15, -0.1) is 0 Å². The number of amides is 1. The third-order valence-corrected chi connectivity index (χ3v) is 4.14. The number of nitrogens with zero attached hydrogens (tertiary/aromatic N) is 1. The lowest BCUT2D eigenvalue weighted by molar-refractivity contribution is -0.135. The normalized spacial score (nSPS) is 11.8. The van der Waals surface area contributed by atoms with Crippen LogP contribution in [0.3, 0.4) is 0 Å². The summed E-state index contributed by atoms with van der Waals surface area (Å²) in [5, 5.41) is 0. The van der Waals surface area contributed by atoms with Crippen LogP contribution in [-0.4, -0.2) is 50.5 Å². The standard InChI is InChI=1S/C23H27NO5/c1-6-28-22-14-17(11-13-21(22)29-16(2)23(26)24(3)4)10-12-20(25)18-8-7-9-19(15-18)27-5/h7-16H,6H2,1-5H3/b12-10+/t16-/m1/s1. The Balaban J connectivity index is 2.19. The second-order valence-electron chi connectivity index (χ2n) is 6.56. The van der Waals surface area contributed by atoms with Gasteiger partial charge in [0.05, 0.1) is 13.7 Å². The van der Waals surface area contributed by atoms with Crippen LogP contribution in [0.5, 0.6) is 17.2 Å². The van der Waals surface area contributed by atoms with Crippen molar-refractivity contribution in [2.24, 2.45) is 0 Å². The van der Waals surface area contributed by atoms with Crippen LogP contribution >= 0.6 is 0 Å². The van der Waals surface area contributed by atoms with Gasteiger partial charge in [0.2, 0.25) is 0 Å². The maximum Gasteiger partial charge on any atom is 0.262 e. The van der Waals surface area contributed by atoms with E-state index in [1.165, 1.54) is 11.0 Å². The van der Waals surface area contributed by atoms with E-state index in [-0.39, 0.29) is 11.7 Å². The van der Waals surface area contributed by atoms with Crippen LogP contribution in [0.25, 0.3) is 6.08 Å². The van der Waals surface area contributed by atoms with E-state index in [0.717, 1.165) is 5.56 Å². The zero-order chi connectivity index (χ0) is 21.4. The van der Waals surface area contributed by atoms with Gasteiger partial charge in [0.15, 0.2) is 23.4 Å². The Morgan fingerprint density at radius 2 is 1.86 bits per heavy atom. The molecule has 0 aromatic heterocycles. The molecular formula is C23H27NO5. The van der Waals surface area contributed by atoms with Crippen molar-refractivity contribution < 1.29 is 23.8 Å². The SMILES string of the molecule is CCOc1cc(/C=C/C(=O)c2cccc(OC)c2)ccc1O[C@H](C)C(=O)N(C)C. The first kappa shape index (κ1) is 22.0. The highest BCUT2D eigenvalue weighted by Gasteiger charge is 2.18. The van der Waals surface area contributed by atoms with Gasteiger partial charge in [-0.1, -0.05) is 24.3 Å². The molecular weight excluding hydrogens is 370 g/mol. The maximum atomic E-state index is 12.4. The molecule has 6 heteroatoms. The van der Waals surface area contributed by atoms with Crippen molar-refractivity contribution in [3.63, 3.8) is 0 Å². The quantitative estimate of drug-likeness (QED) is 0.475. The lowest BCUT2D eigenvalue weighted by atomic mass is 10.1. The van der Waals surface area contributed by atoms with Gasteiger partial charge >= 0.3 is 0 Å². The topological polar surface area (TPSA) is 65.1 Å². The van der Waals surface area contributed by atoms with E-state index in [4.69, 9.17) is 14.2 Å². The molecule has 0 saturated carbocycles. The summed E-state index contributed by atoms with van der Waals surface area (Å²) < 4.78 is 16.6. The van der Waals surface area contributed by atoms with Crippen molar-refractivity contribution in [1.82, 2.24) is 4.90 Å². The Morgan fingerprint density at radius 3 is 2.52 bits per heavy atom. The van der Waals surface area contributed by atoms with Crippen molar-refractivity contribution in [2.45, 2.75) is 20.0 Å². The fraction of sp³-hybridized carbons (Fsp3) is 0.304. The summed E-state index contributed by atoms with van der Waals surface area (Å²) in [6.45, 7) is 4.01. The Labute approximate surface area is 171 Å². The Morgan fingerprint density at radius 1 is 1.10 bits per heavy atom. The van der Waals surface area contributed by atoms with Gasteiger partial charge < -0.3 is 19.1 Å². The molecule has 1 atom stereocenters. The summed E-state index contributed by atoms with van der Waals surface area (Å²) in [4.78, 5) is 25.9. The van der Waals surface area contributed by atoms with E-state index in [1.54, 1.807) is 76.7 Å². The van der Waals surface area contributed by atoms with E-state index >= 15 is 0 Å². The minimum Gasteiger partial charge on any atom is -0.497 e. The molecule has 0 N–H and O–H groups in total. The van der Waals surface area contributed by atoms with Gasteiger partial charge in [0.25, 0.3) is 5.91 Å². The minimum atomic E-state index is -0.639. The van der Waals surface area contributed by atoms with Crippen LogP contribution in [0.2, 0.25) is 0 Å². The van der Waals surface area contributed by atoms with E-state index in [1.807, 2.05) is 6.92 Å². The molecule has 0 radical (unpaired) electrons. The highest BCUT2D eigenvalue weighted by molar-refractivity contribution is 6.07. The fourth-order valence-corrected chi connectivity index (χ4v) is 2.64. The van der Waals surface area contributed by atoms with Crippen molar-refractivity contribution in [3.8, 4) is 17.2 Å². The number of carbonyl (C=O) groups is 2. The Kier molecular flexibility index (Phi) is 7.83. The number of ketones is 1. The molecule has 0 heterocycles. The number of hydrogen-bond acceptors (Lipinski definition) is 5. The largest absolute Gasteiger partial charge is 0.497 e. The second kappa shape index (κ2) is 10.3. The molecule has 0 aliphatic rings. The molecule has 0 saturated heterocycles. The monoisotopic (exact) mass is 397 g/mol. The number of ether oxygens (including phenoxy) is 3. The molecule has 0 bridgehead atoms. The highest BCUT2D eigenvalue weighted by Crippen LogP contribution is 2.30. The van der Waals surface area contributed by atoms with Crippen molar-refractivity contribution in [1.29, 1.82) is 0 Å². The van der Waals surface area contributed by atoms with Gasteiger partial charge in [-0.3, -0.25) is 9.59 Å². The number of rotatable bonds is 9. The van der Waals surface area contributed by atoms with Crippen molar-refractivity contribution >= 4 is 17.8 Å². The van der Waals surface area contributed by atoms with Gasteiger partial charge in [-0.25, -0.2) is 0 Å². The number of allylic oxidation sites excluding steroid dienone is 1. The molecule has 29 heavy (non-hydrogen) atoms. The predicted molar refractivity (Wildman–Crippen MR) is 113 cm³/mol. The molecule has 1 amide bonds. The number of methoxy groups -OCH3 is 1. The summed E-state index contributed by atoms with van der Waals surface area (Å²) in [5.41, 5.74) is 1.32. The minimum absolute atomic E-state index is 0.132. The highest BCUT2D eigenvalue weighted by atomic mass is 16.5. The van der Waals surface area contributed by atoms with E-state index < -0.39 is 6.10 Å². The molecule has 0 fully saturated rings. The van der Waals surface area contributed by atoms with Crippen LogP contribution in [0.15, 0.2) is 48.5 Å². The lowest BCUT2D eigenvalue weighted by Gasteiger charge is -2.20.